The fraction of sp³-hybridized carbons (Fsp3) is 1.00. The zero-order chi connectivity index (χ0) is 13.1. The van der Waals surface area contributed by atoms with Crippen molar-refractivity contribution in [2.75, 3.05) is 20.1 Å². The molecule has 1 heterocycles. The van der Waals surface area contributed by atoms with Gasteiger partial charge in [0.1, 0.15) is 0 Å². The van der Waals surface area contributed by atoms with Crippen LogP contribution in [0.3, 0.4) is 0 Å². The lowest BCUT2D eigenvalue weighted by Gasteiger charge is -2.39. The van der Waals surface area contributed by atoms with Crippen LogP contribution < -0.4 is 5.32 Å². The van der Waals surface area contributed by atoms with Gasteiger partial charge in [-0.1, -0.05) is 27.7 Å². The quantitative estimate of drug-likeness (QED) is 0.812. The number of rotatable bonds is 4. The Bertz CT molecular complexity index is 219. The van der Waals surface area contributed by atoms with Crippen LogP contribution in [0.15, 0.2) is 0 Å². The summed E-state index contributed by atoms with van der Waals surface area (Å²) in [6.07, 6.45) is 4.05. The van der Waals surface area contributed by atoms with Gasteiger partial charge in [-0.05, 0) is 51.1 Å². The molecular formula is C15H32N2. The molecule has 0 aliphatic carbocycles. The van der Waals surface area contributed by atoms with E-state index in [1.807, 2.05) is 0 Å². The van der Waals surface area contributed by atoms with Crippen LogP contribution in [0, 0.1) is 11.3 Å². The van der Waals surface area contributed by atoms with E-state index in [2.05, 4.69) is 51.9 Å². The average Bonchev–Trinajstić information content (AvgIpc) is 2.22. The molecule has 2 nitrogen and oxygen atoms in total. The largest absolute Gasteiger partial charge is 0.316 e. The Labute approximate surface area is 108 Å². The van der Waals surface area contributed by atoms with Gasteiger partial charge in [0.05, 0.1) is 0 Å². The van der Waals surface area contributed by atoms with Crippen molar-refractivity contribution < 1.29 is 0 Å². The van der Waals surface area contributed by atoms with Crippen molar-refractivity contribution in [2.45, 2.75) is 66.0 Å². The fourth-order valence-corrected chi connectivity index (χ4v) is 3.00. The summed E-state index contributed by atoms with van der Waals surface area (Å²) < 4.78 is 0. The van der Waals surface area contributed by atoms with E-state index in [4.69, 9.17) is 0 Å². The first kappa shape index (κ1) is 15.0. The predicted octanol–water partition coefficient (Wildman–Crippen LogP) is 3.13. The molecular weight excluding hydrogens is 208 g/mol. The third kappa shape index (κ3) is 4.59. The summed E-state index contributed by atoms with van der Waals surface area (Å²) in [7, 11) is 2.10. The first-order chi connectivity index (χ1) is 7.84. The molecule has 0 aromatic heterocycles. The number of piperidine rings is 1. The van der Waals surface area contributed by atoms with E-state index in [0.29, 0.717) is 11.5 Å². The van der Waals surface area contributed by atoms with Crippen LogP contribution in [-0.4, -0.2) is 37.1 Å². The predicted molar refractivity (Wildman–Crippen MR) is 76.4 cm³/mol. The number of nitrogens with zero attached hydrogens (tertiary/aromatic N) is 1. The van der Waals surface area contributed by atoms with Gasteiger partial charge in [-0.2, -0.15) is 0 Å². The minimum atomic E-state index is 0.361. The smallest absolute Gasteiger partial charge is 0.0125 e. The topological polar surface area (TPSA) is 15.3 Å². The number of nitrogens with one attached hydrogen (secondary N) is 1. The van der Waals surface area contributed by atoms with Crippen molar-refractivity contribution in [3.8, 4) is 0 Å². The molecule has 0 amide bonds. The van der Waals surface area contributed by atoms with Gasteiger partial charge in [-0.3, -0.25) is 0 Å². The minimum absolute atomic E-state index is 0.361. The van der Waals surface area contributed by atoms with Crippen LogP contribution in [0.1, 0.15) is 53.9 Å². The molecule has 102 valence electrons. The maximum absolute atomic E-state index is 3.48. The zero-order valence-electron chi connectivity index (χ0n) is 12.7. The molecule has 17 heavy (non-hydrogen) atoms. The summed E-state index contributed by atoms with van der Waals surface area (Å²) in [6, 6.07) is 1.40. The molecule has 0 spiro atoms. The van der Waals surface area contributed by atoms with E-state index in [1.54, 1.807) is 0 Å². The zero-order valence-corrected chi connectivity index (χ0v) is 12.7. The molecule has 0 radical (unpaired) electrons. The molecule has 1 rings (SSSR count). The summed E-state index contributed by atoms with van der Waals surface area (Å²) >= 11 is 0. The van der Waals surface area contributed by atoms with E-state index in [9.17, 15) is 0 Å². The second-order valence-corrected chi connectivity index (χ2v) is 7.02. The second kappa shape index (κ2) is 6.19. The van der Waals surface area contributed by atoms with Gasteiger partial charge in [-0.25, -0.2) is 0 Å². The summed E-state index contributed by atoms with van der Waals surface area (Å²) in [4.78, 5) is 2.68. The van der Waals surface area contributed by atoms with Crippen LogP contribution in [0.25, 0.3) is 0 Å². The third-order valence-electron chi connectivity index (χ3n) is 4.35. The maximum Gasteiger partial charge on any atom is 0.0125 e. The molecule has 3 unspecified atom stereocenters. The van der Waals surface area contributed by atoms with Crippen molar-refractivity contribution in [3.05, 3.63) is 0 Å². The summed E-state index contributed by atoms with van der Waals surface area (Å²) in [6.45, 7) is 14.3. The molecule has 1 N–H and O–H groups in total. The SMILES string of the molecule is CNC(CCN1CC(C)CCC1C)C(C)(C)C. The third-order valence-corrected chi connectivity index (χ3v) is 4.35. The molecule has 0 saturated carbocycles. The van der Waals surface area contributed by atoms with Crippen LogP contribution >= 0.6 is 0 Å². The van der Waals surface area contributed by atoms with Gasteiger partial charge in [0.2, 0.25) is 0 Å². The molecule has 1 fully saturated rings. The Morgan fingerprint density at radius 1 is 1.24 bits per heavy atom. The Kier molecular flexibility index (Phi) is 5.46. The first-order valence-electron chi connectivity index (χ1n) is 7.26. The van der Waals surface area contributed by atoms with Gasteiger partial charge < -0.3 is 10.2 Å². The summed E-state index contributed by atoms with van der Waals surface area (Å²) in [5, 5.41) is 3.48. The Balaban J connectivity index is 2.42. The molecule has 0 bridgehead atoms. The van der Waals surface area contributed by atoms with Gasteiger partial charge >= 0.3 is 0 Å². The highest BCUT2D eigenvalue weighted by Crippen LogP contribution is 2.25. The van der Waals surface area contributed by atoms with Gasteiger partial charge in [0, 0.05) is 18.6 Å². The normalized spacial score (nSPS) is 29.3. The Morgan fingerprint density at radius 3 is 2.41 bits per heavy atom. The van der Waals surface area contributed by atoms with Crippen LogP contribution in [0.2, 0.25) is 0 Å². The highest BCUT2D eigenvalue weighted by molar-refractivity contribution is 4.83. The van der Waals surface area contributed by atoms with E-state index in [0.717, 1.165) is 12.0 Å². The van der Waals surface area contributed by atoms with Gasteiger partial charge in [0.15, 0.2) is 0 Å². The molecule has 2 heteroatoms. The fourth-order valence-electron chi connectivity index (χ4n) is 3.00. The summed E-state index contributed by atoms with van der Waals surface area (Å²) in [5.74, 6) is 0.883. The standard InChI is InChI=1S/C15H32N2/c1-12-7-8-13(2)17(11-12)10-9-14(16-6)15(3,4)5/h12-14,16H,7-11H2,1-6H3. The van der Waals surface area contributed by atoms with Crippen molar-refractivity contribution in [3.63, 3.8) is 0 Å². The van der Waals surface area contributed by atoms with Crippen LogP contribution in [-0.2, 0) is 0 Å². The van der Waals surface area contributed by atoms with E-state index >= 15 is 0 Å². The highest BCUT2D eigenvalue weighted by Gasteiger charge is 2.26. The lowest BCUT2D eigenvalue weighted by Crippen LogP contribution is -2.45. The lowest BCUT2D eigenvalue weighted by molar-refractivity contribution is 0.111. The molecule has 3 atom stereocenters. The van der Waals surface area contributed by atoms with Crippen LogP contribution in [0.4, 0.5) is 0 Å². The number of likely N-dealkylation sites (tertiary alicyclic amines) is 1. The minimum Gasteiger partial charge on any atom is -0.316 e. The molecule has 0 aromatic carbocycles. The molecule has 0 aromatic rings. The monoisotopic (exact) mass is 240 g/mol. The van der Waals surface area contributed by atoms with E-state index < -0.39 is 0 Å². The van der Waals surface area contributed by atoms with Crippen molar-refractivity contribution >= 4 is 0 Å². The van der Waals surface area contributed by atoms with Crippen molar-refractivity contribution in [1.29, 1.82) is 0 Å². The Morgan fingerprint density at radius 2 is 1.88 bits per heavy atom. The van der Waals surface area contributed by atoms with Crippen molar-refractivity contribution in [1.82, 2.24) is 10.2 Å². The van der Waals surface area contributed by atoms with E-state index in [1.165, 1.54) is 32.4 Å². The van der Waals surface area contributed by atoms with Crippen molar-refractivity contribution in [2.24, 2.45) is 11.3 Å². The van der Waals surface area contributed by atoms with E-state index in [-0.39, 0.29) is 0 Å². The first-order valence-corrected chi connectivity index (χ1v) is 7.26. The molecule has 1 aliphatic heterocycles. The molecule has 1 saturated heterocycles. The maximum atomic E-state index is 3.48. The molecule has 1 aliphatic rings. The van der Waals surface area contributed by atoms with Gasteiger partial charge in [0.25, 0.3) is 0 Å². The number of hydrogen-bond acceptors (Lipinski definition) is 2. The average molecular weight is 240 g/mol. The summed E-state index contributed by atoms with van der Waals surface area (Å²) in [5.41, 5.74) is 0.361. The Hall–Kier alpha value is -0.0800. The second-order valence-electron chi connectivity index (χ2n) is 7.02. The lowest BCUT2D eigenvalue weighted by atomic mass is 9.84. The number of hydrogen-bond donors (Lipinski definition) is 1. The van der Waals surface area contributed by atoms with Gasteiger partial charge in [-0.15, -0.1) is 0 Å². The highest BCUT2D eigenvalue weighted by atomic mass is 15.2. The van der Waals surface area contributed by atoms with Crippen LogP contribution in [0.5, 0.6) is 0 Å².